The Balaban J connectivity index is 2.75. The van der Waals surface area contributed by atoms with E-state index in [9.17, 15) is 0 Å². The molecule has 0 aliphatic rings. The SMILES string of the molecule is Cc1cnc(Cl)nc1OCCO. The molecule has 1 aromatic heterocycles. The van der Waals surface area contributed by atoms with E-state index in [0.29, 0.717) is 5.88 Å². The predicted octanol–water partition coefficient (Wildman–Crippen LogP) is 0.810. The van der Waals surface area contributed by atoms with Crippen LogP contribution in [0.25, 0.3) is 0 Å². The minimum Gasteiger partial charge on any atom is -0.475 e. The first-order chi connectivity index (χ1) is 5.74. The molecule has 0 radical (unpaired) electrons. The molecule has 0 amide bonds. The first kappa shape index (κ1) is 9.22. The fourth-order valence-electron chi connectivity index (χ4n) is 0.695. The van der Waals surface area contributed by atoms with Gasteiger partial charge in [0.2, 0.25) is 11.2 Å². The molecule has 0 aliphatic carbocycles. The number of hydrogen-bond acceptors (Lipinski definition) is 4. The molecule has 1 heterocycles. The molecule has 0 saturated carbocycles. The minimum absolute atomic E-state index is 0.0406. The first-order valence-corrected chi connectivity index (χ1v) is 3.84. The van der Waals surface area contributed by atoms with Gasteiger partial charge in [-0.25, -0.2) is 4.98 Å². The van der Waals surface area contributed by atoms with Crippen molar-refractivity contribution in [3.8, 4) is 5.88 Å². The Morgan fingerprint density at radius 2 is 2.42 bits per heavy atom. The van der Waals surface area contributed by atoms with Crippen molar-refractivity contribution in [2.45, 2.75) is 6.92 Å². The van der Waals surface area contributed by atoms with Gasteiger partial charge in [0.1, 0.15) is 6.61 Å². The third-order valence-electron chi connectivity index (χ3n) is 1.23. The van der Waals surface area contributed by atoms with Crippen LogP contribution in [0.15, 0.2) is 6.20 Å². The standard InChI is InChI=1S/C7H9ClN2O2/c1-5-4-9-7(8)10-6(5)12-3-2-11/h4,11H,2-3H2,1H3. The van der Waals surface area contributed by atoms with Crippen molar-refractivity contribution in [2.75, 3.05) is 13.2 Å². The van der Waals surface area contributed by atoms with Gasteiger partial charge in [0, 0.05) is 11.8 Å². The van der Waals surface area contributed by atoms with Crippen LogP contribution in [-0.2, 0) is 0 Å². The fourth-order valence-corrected chi connectivity index (χ4v) is 0.820. The molecular formula is C7H9ClN2O2. The van der Waals surface area contributed by atoms with E-state index >= 15 is 0 Å². The van der Waals surface area contributed by atoms with Crippen LogP contribution in [0.5, 0.6) is 5.88 Å². The van der Waals surface area contributed by atoms with Crippen molar-refractivity contribution >= 4 is 11.6 Å². The zero-order valence-corrected chi connectivity index (χ0v) is 7.38. The van der Waals surface area contributed by atoms with Crippen molar-refractivity contribution in [3.05, 3.63) is 17.0 Å². The van der Waals surface area contributed by atoms with Gasteiger partial charge in [0.05, 0.1) is 6.61 Å². The summed E-state index contributed by atoms with van der Waals surface area (Å²) in [4.78, 5) is 7.59. The lowest BCUT2D eigenvalue weighted by molar-refractivity contribution is 0.195. The number of nitrogens with zero attached hydrogens (tertiary/aromatic N) is 2. The largest absolute Gasteiger partial charge is 0.475 e. The maximum Gasteiger partial charge on any atom is 0.225 e. The van der Waals surface area contributed by atoms with E-state index in [1.807, 2.05) is 6.92 Å². The molecular weight excluding hydrogens is 180 g/mol. The van der Waals surface area contributed by atoms with Crippen LogP contribution >= 0.6 is 11.6 Å². The van der Waals surface area contributed by atoms with Gasteiger partial charge in [-0.3, -0.25) is 0 Å². The Morgan fingerprint density at radius 3 is 3.08 bits per heavy atom. The van der Waals surface area contributed by atoms with Gasteiger partial charge in [-0.1, -0.05) is 0 Å². The lowest BCUT2D eigenvalue weighted by Crippen LogP contribution is -2.04. The molecule has 0 atom stereocenters. The molecule has 1 rings (SSSR count). The number of ether oxygens (including phenoxy) is 1. The van der Waals surface area contributed by atoms with Gasteiger partial charge in [0.15, 0.2) is 0 Å². The average molecular weight is 189 g/mol. The first-order valence-electron chi connectivity index (χ1n) is 3.47. The second kappa shape index (κ2) is 4.23. The van der Waals surface area contributed by atoms with Crippen LogP contribution in [0.4, 0.5) is 0 Å². The van der Waals surface area contributed by atoms with Crippen molar-refractivity contribution in [1.82, 2.24) is 9.97 Å². The number of aliphatic hydroxyl groups is 1. The molecule has 5 heteroatoms. The van der Waals surface area contributed by atoms with E-state index in [4.69, 9.17) is 21.4 Å². The third kappa shape index (κ3) is 2.32. The second-order valence-corrected chi connectivity index (χ2v) is 2.54. The highest BCUT2D eigenvalue weighted by Crippen LogP contribution is 2.14. The quantitative estimate of drug-likeness (QED) is 0.714. The highest BCUT2D eigenvalue weighted by molar-refractivity contribution is 6.28. The molecule has 0 saturated heterocycles. The normalized spacial score (nSPS) is 9.92. The van der Waals surface area contributed by atoms with Crippen molar-refractivity contribution in [1.29, 1.82) is 0 Å². The van der Waals surface area contributed by atoms with E-state index in [-0.39, 0.29) is 18.5 Å². The zero-order valence-electron chi connectivity index (χ0n) is 6.62. The van der Waals surface area contributed by atoms with Crippen LogP contribution in [0.1, 0.15) is 5.56 Å². The summed E-state index contributed by atoms with van der Waals surface area (Å²) in [7, 11) is 0. The summed E-state index contributed by atoms with van der Waals surface area (Å²) in [6.45, 7) is 1.98. The summed E-state index contributed by atoms with van der Waals surface area (Å²) < 4.78 is 5.08. The molecule has 12 heavy (non-hydrogen) atoms. The molecule has 1 N–H and O–H groups in total. The number of halogens is 1. The molecule has 66 valence electrons. The number of hydrogen-bond donors (Lipinski definition) is 1. The Bertz CT molecular complexity index is 268. The Labute approximate surface area is 75.2 Å². The summed E-state index contributed by atoms with van der Waals surface area (Å²) in [5.74, 6) is 0.420. The summed E-state index contributed by atoms with van der Waals surface area (Å²) in [5.41, 5.74) is 0.799. The lowest BCUT2D eigenvalue weighted by atomic mass is 10.4. The van der Waals surface area contributed by atoms with Gasteiger partial charge < -0.3 is 9.84 Å². The van der Waals surface area contributed by atoms with E-state index in [1.165, 1.54) is 0 Å². The summed E-state index contributed by atoms with van der Waals surface area (Å²) in [6.07, 6.45) is 1.57. The molecule has 0 unspecified atom stereocenters. The van der Waals surface area contributed by atoms with E-state index < -0.39 is 0 Å². The molecule has 4 nitrogen and oxygen atoms in total. The van der Waals surface area contributed by atoms with Crippen LogP contribution in [0, 0.1) is 6.92 Å². The topological polar surface area (TPSA) is 55.2 Å². The van der Waals surface area contributed by atoms with Crippen LogP contribution in [-0.4, -0.2) is 28.3 Å². The van der Waals surface area contributed by atoms with Gasteiger partial charge >= 0.3 is 0 Å². The Kier molecular flexibility index (Phi) is 3.25. The highest BCUT2D eigenvalue weighted by atomic mass is 35.5. The summed E-state index contributed by atoms with van der Waals surface area (Å²) >= 11 is 5.53. The maximum absolute atomic E-state index is 8.49. The van der Waals surface area contributed by atoms with Crippen LogP contribution in [0.2, 0.25) is 5.28 Å². The van der Waals surface area contributed by atoms with Crippen molar-refractivity contribution in [3.63, 3.8) is 0 Å². The number of rotatable bonds is 3. The molecule has 0 aliphatic heterocycles. The molecule has 0 bridgehead atoms. The molecule has 0 aromatic carbocycles. The van der Waals surface area contributed by atoms with Gasteiger partial charge in [-0.2, -0.15) is 4.98 Å². The zero-order chi connectivity index (χ0) is 8.97. The smallest absolute Gasteiger partial charge is 0.225 e. The van der Waals surface area contributed by atoms with E-state index in [1.54, 1.807) is 6.20 Å². The maximum atomic E-state index is 8.49. The predicted molar refractivity (Wildman–Crippen MR) is 44.4 cm³/mol. The van der Waals surface area contributed by atoms with Crippen molar-refractivity contribution in [2.24, 2.45) is 0 Å². The van der Waals surface area contributed by atoms with Gasteiger partial charge in [-0.15, -0.1) is 0 Å². The monoisotopic (exact) mass is 188 g/mol. The average Bonchev–Trinajstić information content (AvgIpc) is 2.07. The van der Waals surface area contributed by atoms with Crippen LogP contribution < -0.4 is 4.74 Å². The van der Waals surface area contributed by atoms with E-state index in [2.05, 4.69) is 9.97 Å². The van der Waals surface area contributed by atoms with Gasteiger partial charge in [0.25, 0.3) is 0 Å². The number of aliphatic hydroxyl groups excluding tert-OH is 1. The molecule has 1 aromatic rings. The van der Waals surface area contributed by atoms with Crippen molar-refractivity contribution < 1.29 is 9.84 Å². The lowest BCUT2D eigenvalue weighted by Gasteiger charge is -2.04. The minimum atomic E-state index is -0.0406. The third-order valence-corrected chi connectivity index (χ3v) is 1.41. The Hall–Kier alpha value is -0.870. The number of aryl methyl sites for hydroxylation is 1. The molecule has 0 fully saturated rings. The van der Waals surface area contributed by atoms with E-state index in [0.717, 1.165) is 5.56 Å². The highest BCUT2D eigenvalue weighted by Gasteiger charge is 2.02. The fraction of sp³-hybridized carbons (Fsp3) is 0.429. The Morgan fingerprint density at radius 1 is 1.67 bits per heavy atom. The molecule has 0 spiro atoms. The summed E-state index contributed by atoms with van der Waals surface area (Å²) in [6, 6.07) is 0. The van der Waals surface area contributed by atoms with Crippen LogP contribution in [0.3, 0.4) is 0 Å². The summed E-state index contributed by atoms with van der Waals surface area (Å²) in [5, 5.41) is 8.63. The number of aromatic nitrogens is 2. The van der Waals surface area contributed by atoms with Gasteiger partial charge in [-0.05, 0) is 18.5 Å². The second-order valence-electron chi connectivity index (χ2n) is 2.20.